The zero-order valence-electron chi connectivity index (χ0n) is 18.9. The summed E-state index contributed by atoms with van der Waals surface area (Å²) in [6.07, 6.45) is 21.1. The molecule has 0 fully saturated rings. The molecule has 0 aliphatic heterocycles. The molecule has 0 amide bonds. The first-order valence-corrected chi connectivity index (χ1v) is 11.8. The quantitative estimate of drug-likeness (QED) is 0.138. The summed E-state index contributed by atoms with van der Waals surface area (Å²) >= 11 is 0. The molecule has 0 unspecified atom stereocenters. The number of hydrogen-bond donors (Lipinski definition) is 1. The van der Waals surface area contributed by atoms with E-state index in [-0.39, 0.29) is 19.2 Å². The van der Waals surface area contributed by atoms with E-state index >= 15 is 0 Å². The fourth-order valence-electron chi connectivity index (χ4n) is 3.20. The van der Waals surface area contributed by atoms with Crippen LogP contribution in [0.4, 0.5) is 0 Å². The number of carbonyl (C=O) groups excluding carboxylic acids is 2. The first kappa shape index (κ1) is 28.1. The number of hydrogen-bond acceptors (Lipinski definition) is 5. The van der Waals surface area contributed by atoms with Crippen molar-refractivity contribution in [1.82, 2.24) is 0 Å². The number of carbonyl (C=O) groups is 3. The Hall–Kier alpha value is -1.85. The predicted octanol–water partition coefficient (Wildman–Crippen LogP) is 5.98. The highest BCUT2D eigenvalue weighted by atomic mass is 16.6. The largest absolute Gasteiger partial charge is 0.478 e. The second kappa shape index (κ2) is 21.8. The van der Waals surface area contributed by atoms with Gasteiger partial charge in [-0.15, -0.1) is 0 Å². The van der Waals surface area contributed by atoms with E-state index < -0.39 is 11.9 Å². The van der Waals surface area contributed by atoms with E-state index in [2.05, 4.69) is 6.92 Å². The van der Waals surface area contributed by atoms with Crippen LogP contribution in [0.1, 0.15) is 110 Å². The van der Waals surface area contributed by atoms with E-state index in [9.17, 15) is 14.4 Å². The number of ether oxygens (including phenoxy) is 2. The fraction of sp³-hybridized carbons (Fsp3) is 0.792. The van der Waals surface area contributed by atoms with Crippen molar-refractivity contribution in [3.05, 3.63) is 12.2 Å². The van der Waals surface area contributed by atoms with Gasteiger partial charge in [0.15, 0.2) is 0 Å². The average molecular weight is 427 g/mol. The van der Waals surface area contributed by atoms with Crippen molar-refractivity contribution < 1.29 is 29.0 Å². The second-order valence-electron chi connectivity index (χ2n) is 7.76. The van der Waals surface area contributed by atoms with Crippen LogP contribution in [0.2, 0.25) is 0 Å². The van der Waals surface area contributed by atoms with Crippen molar-refractivity contribution >= 4 is 17.9 Å². The summed E-state index contributed by atoms with van der Waals surface area (Å²) < 4.78 is 9.69. The molecule has 0 aliphatic carbocycles. The lowest BCUT2D eigenvalue weighted by molar-refractivity contribution is -0.149. The lowest BCUT2D eigenvalue weighted by atomic mass is 10.0. The van der Waals surface area contributed by atoms with E-state index in [0.29, 0.717) is 12.5 Å². The SMILES string of the molecule is CCCCCCCCCCCCCCCCCC(=O)OCCOC(=O)/C=C\C(=O)O. The molecule has 0 saturated carbocycles. The minimum absolute atomic E-state index is 0.00970. The fourth-order valence-corrected chi connectivity index (χ4v) is 3.20. The predicted molar refractivity (Wildman–Crippen MR) is 118 cm³/mol. The van der Waals surface area contributed by atoms with E-state index in [1.807, 2.05) is 0 Å². The zero-order valence-corrected chi connectivity index (χ0v) is 18.9. The van der Waals surface area contributed by atoms with Gasteiger partial charge in [-0.3, -0.25) is 4.79 Å². The molecule has 1 N–H and O–H groups in total. The summed E-state index contributed by atoms with van der Waals surface area (Å²) in [6.45, 7) is 2.17. The third kappa shape index (κ3) is 22.4. The summed E-state index contributed by atoms with van der Waals surface area (Å²) in [6, 6.07) is 0. The Balaban J connectivity index is 3.28. The van der Waals surface area contributed by atoms with Gasteiger partial charge in [-0.25, -0.2) is 9.59 Å². The normalized spacial score (nSPS) is 11.0. The molecule has 0 rings (SSSR count). The molecule has 6 heteroatoms. The second-order valence-corrected chi connectivity index (χ2v) is 7.76. The number of aliphatic carboxylic acids is 1. The monoisotopic (exact) mass is 426 g/mol. The van der Waals surface area contributed by atoms with Gasteiger partial charge in [-0.2, -0.15) is 0 Å². The van der Waals surface area contributed by atoms with Gasteiger partial charge in [0.2, 0.25) is 0 Å². The molecule has 0 aromatic rings. The summed E-state index contributed by atoms with van der Waals surface area (Å²) in [4.78, 5) is 32.9. The van der Waals surface area contributed by atoms with Crippen LogP contribution in [-0.2, 0) is 23.9 Å². The maximum Gasteiger partial charge on any atom is 0.331 e. The third-order valence-corrected chi connectivity index (χ3v) is 4.94. The molecule has 0 heterocycles. The number of rotatable bonds is 21. The molecule has 174 valence electrons. The van der Waals surface area contributed by atoms with Crippen LogP contribution in [0.15, 0.2) is 12.2 Å². The Labute approximate surface area is 182 Å². The highest BCUT2D eigenvalue weighted by molar-refractivity contribution is 5.90. The van der Waals surface area contributed by atoms with Crippen LogP contribution in [-0.4, -0.2) is 36.2 Å². The van der Waals surface area contributed by atoms with Crippen molar-refractivity contribution in [3.63, 3.8) is 0 Å². The average Bonchev–Trinajstić information content (AvgIpc) is 2.72. The lowest BCUT2D eigenvalue weighted by Gasteiger charge is -2.05. The molecule has 0 radical (unpaired) electrons. The standard InChI is InChI=1S/C24H42O6/c1-2-3-4-5-6-7-8-9-10-11-12-13-14-15-16-17-23(27)29-20-21-30-24(28)19-18-22(25)26/h18-19H,2-17,20-21H2,1H3,(H,25,26)/b19-18-. The molecule has 30 heavy (non-hydrogen) atoms. The van der Waals surface area contributed by atoms with Gasteiger partial charge in [0.25, 0.3) is 0 Å². The van der Waals surface area contributed by atoms with Crippen LogP contribution in [0.25, 0.3) is 0 Å². The smallest absolute Gasteiger partial charge is 0.331 e. The van der Waals surface area contributed by atoms with Gasteiger partial charge >= 0.3 is 17.9 Å². The van der Waals surface area contributed by atoms with Crippen LogP contribution in [0.5, 0.6) is 0 Å². The van der Waals surface area contributed by atoms with Gasteiger partial charge in [0.05, 0.1) is 0 Å². The van der Waals surface area contributed by atoms with Gasteiger partial charge < -0.3 is 14.6 Å². The molecule has 0 atom stereocenters. The van der Waals surface area contributed by atoms with Crippen molar-refractivity contribution in [2.75, 3.05) is 13.2 Å². The summed E-state index contributed by atoms with van der Waals surface area (Å²) in [5.41, 5.74) is 0. The first-order valence-electron chi connectivity index (χ1n) is 11.8. The summed E-state index contributed by atoms with van der Waals surface area (Å²) in [5.74, 6) is -2.28. The Kier molecular flexibility index (Phi) is 20.5. The van der Waals surface area contributed by atoms with Crippen LogP contribution >= 0.6 is 0 Å². The molecule has 0 saturated heterocycles. The van der Waals surface area contributed by atoms with Gasteiger partial charge in [-0.05, 0) is 6.42 Å². The molecular formula is C24H42O6. The third-order valence-electron chi connectivity index (χ3n) is 4.94. The molecule has 0 aliphatic rings. The van der Waals surface area contributed by atoms with E-state index in [4.69, 9.17) is 14.6 Å². The molecule has 0 aromatic carbocycles. The van der Waals surface area contributed by atoms with E-state index in [1.165, 1.54) is 77.0 Å². The Morgan fingerprint density at radius 1 is 0.633 bits per heavy atom. The number of carboxylic acids is 1. The van der Waals surface area contributed by atoms with E-state index in [0.717, 1.165) is 25.3 Å². The number of carboxylic acid groups (broad SMARTS) is 1. The summed E-state index contributed by atoms with van der Waals surface area (Å²) in [5, 5.41) is 8.37. The maximum atomic E-state index is 11.6. The maximum absolute atomic E-state index is 11.6. The van der Waals surface area contributed by atoms with Crippen molar-refractivity contribution in [2.24, 2.45) is 0 Å². The van der Waals surface area contributed by atoms with E-state index in [1.54, 1.807) is 0 Å². The van der Waals surface area contributed by atoms with Crippen molar-refractivity contribution in [3.8, 4) is 0 Å². The highest BCUT2D eigenvalue weighted by Crippen LogP contribution is 2.13. The highest BCUT2D eigenvalue weighted by Gasteiger charge is 2.04. The lowest BCUT2D eigenvalue weighted by Crippen LogP contribution is -2.12. The molecule has 6 nitrogen and oxygen atoms in total. The van der Waals surface area contributed by atoms with Crippen molar-refractivity contribution in [1.29, 1.82) is 0 Å². The van der Waals surface area contributed by atoms with Crippen LogP contribution in [0, 0.1) is 0 Å². The molecule has 0 aromatic heterocycles. The van der Waals surface area contributed by atoms with Gasteiger partial charge in [0, 0.05) is 18.6 Å². The van der Waals surface area contributed by atoms with Crippen LogP contribution < -0.4 is 0 Å². The first-order chi connectivity index (χ1) is 14.6. The zero-order chi connectivity index (χ0) is 22.3. The van der Waals surface area contributed by atoms with Crippen LogP contribution in [0.3, 0.4) is 0 Å². The Morgan fingerprint density at radius 3 is 1.53 bits per heavy atom. The van der Waals surface area contributed by atoms with Gasteiger partial charge in [0.1, 0.15) is 13.2 Å². The topological polar surface area (TPSA) is 89.9 Å². The summed E-state index contributed by atoms with van der Waals surface area (Å²) in [7, 11) is 0. The minimum Gasteiger partial charge on any atom is -0.478 e. The Bertz CT molecular complexity index is 472. The molecular weight excluding hydrogens is 384 g/mol. The van der Waals surface area contributed by atoms with Gasteiger partial charge in [-0.1, -0.05) is 96.8 Å². The molecule has 0 bridgehead atoms. The molecule has 0 spiro atoms. The minimum atomic E-state index is -1.22. The number of esters is 2. The van der Waals surface area contributed by atoms with Crippen molar-refractivity contribution in [2.45, 2.75) is 110 Å². The number of unbranched alkanes of at least 4 members (excludes halogenated alkanes) is 14. The Morgan fingerprint density at radius 2 is 1.07 bits per heavy atom.